The van der Waals surface area contributed by atoms with Crippen LogP contribution in [-0.2, 0) is 11.2 Å². The summed E-state index contributed by atoms with van der Waals surface area (Å²) in [7, 11) is 0. The lowest BCUT2D eigenvalue weighted by atomic mass is 9.98. The summed E-state index contributed by atoms with van der Waals surface area (Å²) >= 11 is 1.38. The molecule has 1 N–H and O–H groups in total. The summed E-state index contributed by atoms with van der Waals surface area (Å²) in [5, 5.41) is 11.6. The van der Waals surface area contributed by atoms with E-state index in [0.717, 1.165) is 10.6 Å². The van der Waals surface area contributed by atoms with E-state index in [1.165, 1.54) is 23.5 Å². The molecule has 1 aliphatic heterocycles. The molecule has 0 bridgehead atoms. The molecule has 2 aromatic rings. The second-order valence-corrected chi connectivity index (χ2v) is 6.80. The van der Waals surface area contributed by atoms with Crippen LogP contribution in [0.2, 0.25) is 0 Å². The van der Waals surface area contributed by atoms with Crippen molar-refractivity contribution in [3.63, 3.8) is 0 Å². The third-order valence-corrected chi connectivity index (χ3v) is 4.95. The fourth-order valence-electron chi connectivity index (χ4n) is 2.79. The molecule has 1 unspecified atom stereocenters. The van der Waals surface area contributed by atoms with Gasteiger partial charge in [-0.05, 0) is 30.5 Å². The molecule has 1 aliphatic rings. The van der Waals surface area contributed by atoms with Crippen molar-refractivity contribution in [3.8, 4) is 0 Å². The number of thiazole rings is 1. The van der Waals surface area contributed by atoms with Gasteiger partial charge in [-0.3, -0.25) is 9.59 Å². The molecule has 1 saturated heterocycles. The Morgan fingerprint density at radius 2 is 2.08 bits per heavy atom. The number of piperidine rings is 1. The van der Waals surface area contributed by atoms with Crippen LogP contribution in [0.5, 0.6) is 0 Å². The van der Waals surface area contributed by atoms with Crippen molar-refractivity contribution in [3.05, 3.63) is 51.7 Å². The predicted molar refractivity (Wildman–Crippen MR) is 87.6 cm³/mol. The number of rotatable bonds is 4. The standard InChI is InChI=1S/C17H17FN2O3S/c18-13-5-3-11(4-6-13)8-15-19-14(10-24-15)16(21)20-7-1-2-12(9-20)17(22)23/h3-6,10,12H,1-2,7-9H2,(H,22,23). The quantitative estimate of drug-likeness (QED) is 0.922. The van der Waals surface area contributed by atoms with E-state index in [1.54, 1.807) is 22.4 Å². The van der Waals surface area contributed by atoms with Gasteiger partial charge in [0.2, 0.25) is 0 Å². The van der Waals surface area contributed by atoms with Gasteiger partial charge in [0, 0.05) is 24.9 Å². The molecule has 1 aromatic heterocycles. The normalized spacial score (nSPS) is 17.7. The Labute approximate surface area is 142 Å². The van der Waals surface area contributed by atoms with Crippen LogP contribution in [0.25, 0.3) is 0 Å². The number of halogens is 1. The number of hydrogen-bond donors (Lipinski definition) is 1. The molecule has 24 heavy (non-hydrogen) atoms. The zero-order valence-corrected chi connectivity index (χ0v) is 13.8. The second kappa shape index (κ2) is 7.09. The molecular formula is C17H17FN2O3S. The van der Waals surface area contributed by atoms with E-state index < -0.39 is 11.9 Å². The van der Waals surface area contributed by atoms with Crippen molar-refractivity contribution >= 4 is 23.2 Å². The first-order chi connectivity index (χ1) is 11.5. The number of carbonyl (C=O) groups is 2. The van der Waals surface area contributed by atoms with Crippen LogP contribution in [0.3, 0.4) is 0 Å². The summed E-state index contributed by atoms with van der Waals surface area (Å²) in [6.07, 6.45) is 1.83. The Balaban J connectivity index is 1.67. The summed E-state index contributed by atoms with van der Waals surface area (Å²) in [6.45, 7) is 0.798. The minimum atomic E-state index is -0.859. The average molecular weight is 348 g/mol. The van der Waals surface area contributed by atoms with Gasteiger partial charge in [-0.25, -0.2) is 9.37 Å². The number of aromatic nitrogens is 1. The highest BCUT2D eigenvalue weighted by molar-refractivity contribution is 7.09. The highest BCUT2D eigenvalue weighted by Crippen LogP contribution is 2.21. The second-order valence-electron chi connectivity index (χ2n) is 5.86. The van der Waals surface area contributed by atoms with Gasteiger partial charge in [0.15, 0.2) is 0 Å². The molecule has 1 aromatic carbocycles. The van der Waals surface area contributed by atoms with Crippen LogP contribution in [0.15, 0.2) is 29.6 Å². The van der Waals surface area contributed by atoms with Gasteiger partial charge in [-0.1, -0.05) is 12.1 Å². The Morgan fingerprint density at radius 3 is 2.79 bits per heavy atom. The van der Waals surface area contributed by atoms with E-state index >= 15 is 0 Å². The summed E-state index contributed by atoms with van der Waals surface area (Å²) in [4.78, 5) is 29.5. The SMILES string of the molecule is O=C(O)C1CCCN(C(=O)c2csc(Cc3ccc(F)cc3)n2)C1. The fraction of sp³-hybridized carbons (Fsp3) is 0.353. The van der Waals surface area contributed by atoms with Gasteiger partial charge in [-0.15, -0.1) is 11.3 Å². The lowest BCUT2D eigenvalue weighted by Crippen LogP contribution is -2.42. The third kappa shape index (κ3) is 3.79. The van der Waals surface area contributed by atoms with Gasteiger partial charge in [0.25, 0.3) is 5.91 Å². The molecule has 0 radical (unpaired) electrons. The van der Waals surface area contributed by atoms with Gasteiger partial charge in [0.05, 0.1) is 10.9 Å². The molecule has 0 aliphatic carbocycles. The number of amides is 1. The average Bonchev–Trinajstić information content (AvgIpc) is 3.05. The van der Waals surface area contributed by atoms with E-state index in [2.05, 4.69) is 4.98 Å². The van der Waals surface area contributed by atoms with Crippen molar-refractivity contribution in [2.75, 3.05) is 13.1 Å². The number of aliphatic carboxylic acids is 1. The first-order valence-corrected chi connectivity index (χ1v) is 8.62. The number of benzene rings is 1. The van der Waals surface area contributed by atoms with Crippen molar-refractivity contribution in [1.82, 2.24) is 9.88 Å². The molecule has 126 valence electrons. The molecule has 2 heterocycles. The first kappa shape index (κ1) is 16.6. The van der Waals surface area contributed by atoms with Crippen LogP contribution in [-0.4, -0.2) is 40.0 Å². The molecule has 0 spiro atoms. The maximum atomic E-state index is 12.9. The van der Waals surface area contributed by atoms with E-state index in [9.17, 15) is 14.0 Å². The van der Waals surface area contributed by atoms with E-state index in [1.807, 2.05) is 0 Å². The zero-order chi connectivity index (χ0) is 17.1. The summed E-state index contributed by atoms with van der Waals surface area (Å²) < 4.78 is 12.9. The molecule has 7 heteroatoms. The summed E-state index contributed by atoms with van der Waals surface area (Å²) in [5.41, 5.74) is 1.27. The smallest absolute Gasteiger partial charge is 0.308 e. The van der Waals surface area contributed by atoms with Crippen LogP contribution >= 0.6 is 11.3 Å². The highest BCUT2D eigenvalue weighted by Gasteiger charge is 2.29. The maximum absolute atomic E-state index is 12.9. The van der Waals surface area contributed by atoms with Crippen LogP contribution in [0.1, 0.15) is 33.9 Å². The predicted octanol–water partition coefficient (Wildman–Crippen LogP) is 2.81. The number of nitrogens with zero attached hydrogens (tertiary/aromatic N) is 2. The number of carboxylic acids is 1. The van der Waals surface area contributed by atoms with Crippen LogP contribution in [0.4, 0.5) is 4.39 Å². The van der Waals surface area contributed by atoms with Crippen molar-refractivity contribution in [1.29, 1.82) is 0 Å². The molecule has 1 fully saturated rings. The Hall–Kier alpha value is -2.28. The van der Waals surface area contributed by atoms with E-state index in [-0.39, 0.29) is 18.3 Å². The van der Waals surface area contributed by atoms with Crippen molar-refractivity contribution < 1.29 is 19.1 Å². The van der Waals surface area contributed by atoms with E-state index in [0.29, 0.717) is 31.5 Å². The van der Waals surface area contributed by atoms with E-state index in [4.69, 9.17) is 5.11 Å². The van der Waals surface area contributed by atoms with Gasteiger partial charge in [-0.2, -0.15) is 0 Å². The number of carbonyl (C=O) groups excluding carboxylic acids is 1. The van der Waals surface area contributed by atoms with Gasteiger partial charge >= 0.3 is 5.97 Å². The largest absolute Gasteiger partial charge is 0.481 e. The molecule has 1 amide bonds. The number of hydrogen-bond acceptors (Lipinski definition) is 4. The molecule has 5 nitrogen and oxygen atoms in total. The minimum absolute atomic E-state index is 0.220. The van der Waals surface area contributed by atoms with Crippen LogP contribution in [0, 0.1) is 11.7 Å². The lowest BCUT2D eigenvalue weighted by Gasteiger charge is -2.30. The zero-order valence-electron chi connectivity index (χ0n) is 12.9. The summed E-state index contributed by atoms with van der Waals surface area (Å²) in [6, 6.07) is 6.18. The Kier molecular flexibility index (Phi) is 4.89. The lowest BCUT2D eigenvalue weighted by molar-refractivity contribution is -0.143. The van der Waals surface area contributed by atoms with Gasteiger partial charge in [0.1, 0.15) is 11.5 Å². The highest BCUT2D eigenvalue weighted by atomic mass is 32.1. The number of likely N-dealkylation sites (tertiary alicyclic amines) is 1. The van der Waals surface area contributed by atoms with Gasteiger partial charge < -0.3 is 10.0 Å². The molecule has 3 rings (SSSR count). The number of carboxylic acid groups (broad SMARTS) is 1. The maximum Gasteiger partial charge on any atom is 0.308 e. The third-order valence-electron chi connectivity index (χ3n) is 4.10. The fourth-order valence-corrected chi connectivity index (χ4v) is 3.59. The molecular weight excluding hydrogens is 331 g/mol. The topological polar surface area (TPSA) is 70.5 Å². The van der Waals surface area contributed by atoms with Crippen molar-refractivity contribution in [2.45, 2.75) is 19.3 Å². The first-order valence-electron chi connectivity index (χ1n) is 7.74. The molecule has 0 saturated carbocycles. The van der Waals surface area contributed by atoms with Crippen molar-refractivity contribution in [2.24, 2.45) is 5.92 Å². The minimum Gasteiger partial charge on any atom is -0.481 e. The summed E-state index contributed by atoms with van der Waals surface area (Å²) in [5.74, 6) is -1.86. The Bertz CT molecular complexity index is 745. The Morgan fingerprint density at radius 1 is 1.33 bits per heavy atom. The monoisotopic (exact) mass is 348 g/mol. The van der Waals surface area contributed by atoms with Crippen LogP contribution < -0.4 is 0 Å². The molecule has 1 atom stereocenters.